The molecule has 0 spiro atoms. The summed E-state index contributed by atoms with van der Waals surface area (Å²) in [7, 11) is 0. The van der Waals surface area contributed by atoms with Gasteiger partial charge < -0.3 is 0 Å². The molecule has 0 radical (unpaired) electrons. The average molecular weight is 369 g/mol. The van der Waals surface area contributed by atoms with E-state index < -0.39 is 9.85 Å². The van der Waals surface area contributed by atoms with Crippen LogP contribution in [0.5, 0.6) is 0 Å². The Balaban J connectivity index is 2.32. The third-order valence-corrected chi connectivity index (χ3v) is 4.43. The van der Waals surface area contributed by atoms with Crippen LogP contribution >= 0.6 is 15.9 Å². The second-order valence-corrected chi connectivity index (χ2v) is 5.63. The van der Waals surface area contributed by atoms with E-state index in [2.05, 4.69) is 26.5 Å². The molecule has 0 fully saturated rings. The maximum Gasteiger partial charge on any atom is 0.301 e. The van der Waals surface area contributed by atoms with Crippen LogP contribution in [-0.2, 0) is 0 Å². The summed E-state index contributed by atoms with van der Waals surface area (Å²) in [6, 6.07) is 3.40. The van der Waals surface area contributed by atoms with Crippen molar-refractivity contribution in [3.8, 4) is 0 Å². The quantitative estimate of drug-likeness (QED) is 0.634. The maximum atomic E-state index is 11.0. The summed E-state index contributed by atoms with van der Waals surface area (Å²) >= 11 is 3.46. The van der Waals surface area contributed by atoms with E-state index in [1.807, 2.05) is 6.92 Å². The zero-order chi connectivity index (χ0) is 16.3. The molecule has 8 nitrogen and oxygen atoms in total. The number of hydrogen-bond donors (Lipinski definition) is 1. The van der Waals surface area contributed by atoms with Crippen LogP contribution in [0.1, 0.15) is 26.2 Å². The number of allylic oxidation sites excluding steroid dienone is 2. The molecular formula is C13H13BrN4O4. The molecule has 0 heterocycles. The summed E-state index contributed by atoms with van der Waals surface area (Å²) in [5.74, 6) is 0. The van der Waals surface area contributed by atoms with Crippen LogP contribution < -0.4 is 5.43 Å². The average Bonchev–Trinajstić information content (AvgIpc) is 2.48. The van der Waals surface area contributed by atoms with Crippen molar-refractivity contribution in [1.29, 1.82) is 0 Å². The van der Waals surface area contributed by atoms with E-state index in [0.717, 1.165) is 35.5 Å². The summed E-state index contributed by atoms with van der Waals surface area (Å²) < 4.78 is 0.899. The van der Waals surface area contributed by atoms with E-state index in [-0.39, 0.29) is 17.1 Å². The summed E-state index contributed by atoms with van der Waals surface area (Å²) in [5.41, 5.74) is 3.99. The number of benzene rings is 1. The lowest BCUT2D eigenvalue weighted by molar-refractivity contribution is -0.393. The Hall–Kier alpha value is -2.29. The zero-order valence-electron chi connectivity index (χ0n) is 11.7. The minimum Gasteiger partial charge on any atom is -0.271 e. The van der Waals surface area contributed by atoms with Crippen LogP contribution in [-0.4, -0.2) is 15.6 Å². The highest BCUT2D eigenvalue weighted by Gasteiger charge is 2.20. The Labute approximate surface area is 134 Å². The Morgan fingerprint density at radius 1 is 1.23 bits per heavy atom. The summed E-state index contributed by atoms with van der Waals surface area (Å²) in [6.07, 6.45) is 2.70. The minimum atomic E-state index is -0.674. The number of hydrogen-bond acceptors (Lipinski definition) is 6. The molecule has 1 N–H and O–H groups in total. The van der Waals surface area contributed by atoms with Gasteiger partial charge in [-0.3, -0.25) is 25.7 Å². The minimum absolute atomic E-state index is 0.117. The van der Waals surface area contributed by atoms with E-state index in [4.69, 9.17) is 0 Å². The number of anilines is 1. The van der Waals surface area contributed by atoms with Crippen LogP contribution in [0.25, 0.3) is 0 Å². The fourth-order valence-corrected chi connectivity index (χ4v) is 2.58. The van der Waals surface area contributed by atoms with Crippen molar-refractivity contribution in [2.45, 2.75) is 26.2 Å². The monoisotopic (exact) mass is 368 g/mol. The molecule has 9 heteroatoms. The maximum absolute atomic E-state index is 11.0. The molecule has 0 atom stereocenters. The van der Waals surface area contributed by atoms with E-state index >= 15 is 0 Å². The van der Waals surface area contributed by atoms with Gasteiger partial charge in [0.1, 0.15) is 5.69 Å². The highest BCUT2D eigenvalue weighted by atomic mass is 79.9. The molecule has 0 amide bonds. The van der Waals surface area contributed by atoms with Crippen molar-refractivity contribution in [2.75, 3.05) is 5.43 Å². The number of hydrazone groups is 1. The lowest BCUT2D eigenvalue weighted by Gasteiger charge is -2.15. The van der Waals surface area contributed by atoms with Gasteiger partial charge in [-0.15, -0.1) is 0 Å². The zero-order valence-corrected chi connectivity index (χ0v) is 13.3. The van der Waals surface area contributed by atoms with Crippen molar-refractivity contribution in [2.24, 2.45) is 5.10 Å². The molecule has 1 aromatic carbocycles. The van der Waals surface area contributed by atoms with Crippen molar-refractivity contribution in [1.82, 2.24) is 0 Å². The first-order valence-electron chi connectivity index (χ1n) is 6.51. The molecule has 116 valence electrons. The number of halogens is 1. The fourth-order valence-electron chi connectivity index (χ4n) is 2.10. The van der Waals surface area contributed by atoms with Gasteiger partial charge in [-0.1, -0.05) is 5.57 Å². The van der Waals surface area contributed by atoms with Gasteiger partial charge >= 0.3 is 5.69 Å². The molecule has 2 rings (SSSR count). The number of non-ortho nitro benzene ring substituents is 1. The van der Waals surface area contributed by atoms with Crippen LogP contribution in [0.3, 0.4) is 0 Å². The molecule has 1 aromatic rings. The predicted octanol–water partition coefficient (Wildman–Crippen LogP) is 4.12. The van der Waals surface area contributed by atoms with E-state index in [1.54, 1.807) is 0 Å². The highest BCUT2D eigenvalue weighted by molar-refractivity contribution is 9.12. The summed E-state index contributed by atoms with van der Waals surface area (Å²) in [5, 5.41) is 25.9. The smallest absolute Gasteiger partial charge is 0.271 e. The van der Waals surface area contributed by atoms with Gasteiger partial charge in [0, 0.05) is 10.5 Å². The molecule has 22 heavy (non-hydrogen) atoms. The van der Waals surface area contributed by atoms with Gasteiger partial charge in [0.2, 0.25) is 0 Å². The SMILES string of the molecule is CC1=C(Br)/C(=N/Nc2ccc([N+](=O)[O-])cc2[N+](=O)[O-])CCC1. The summed E-state index contributed by atoms with van der Waals surface area (Å²) in [6.45, 7) is 1.99. The Morgan fingerprint density at radius 3 is 2.59 bits per heavy atom. The van der Waals surface area contributed by atoms with Crippen LogP contribution in [0, 0.1) is 20.2 Å². The van der Waals surface area contributed by atoms with Gasteiger partial charge in [0.05, 0.1) is 21.6 Å². The first-order chi connectivity index (χ1) is 10.4. The van der Waals surface area contributed by atoms with Crippen molar-refractivity contribution in [3.63, 3.8) is 0 Å². The standard InChI is InChI=1S/C13H13BrN4O4/c1-8-3-2-4-11(13(8)14)16-15-10-6-5-9(17(19)20)7-12(10)18(21)22/h5-7,15H,2-4H2,1H3/b16-11+. The number of nitrogens with one attached hydrogen (secondary N) is 1. The van der Waals surface area contributed by atoms with Gasteiger partial charge in [-0.05, 0) is 48.2 Å². The number of nitro groups is 2. The van der Waals surface area contributed by atoms with Crippen LogP contribution in [0.2, 0.25) is 0 Å². The lowest BCUT2D eigenvalue weighted by Crippen LogP contribution is -2.09. The summed E-state index contributed by atoms with van der Waals surface area (Å²) in [4.78, 5) is 20.4. The second-order valence-electron chi connectivity index (χ2n) is 4.83. The third kappa shape index (κ3) is 3.48. The van der Waals surface area contributed by atoms with Gasteiger partial charge in [0.25, 0.3) is 5.69 Å². The fraction of sp³-hybridized carbons (Fsp3) is 0.308. The molecule has 0 bridgehead atoms. The molecular weight excluding hydrogens is 356 g/mol. The first-order valence-corrected chi connectivity index (χ1v) is 7.30. The second kappa shape index (κ2) is 6.65. The van der Waals surface area contributed by atoms with Crippen LogP contribution in [0.4, 0.5) is 17.1 Å². The first kappa shape index (κ1) is 16.1. The van der Waals surface area contributed by atoms with Gasteiger partial charge in [-0.2, -0.15) is 5.10 Å². The van der Waals surface area contributed by atoms with Gasteiger partial charge in [0.15, 0.2) is 0 Å². The van der Waals surface area contributed by atoms with Gasteiger partial charge in [-0.25, -0.2) is 0 Å². The molecule has 0 aliphatic heterocycles. The molecule has 0 saturated carbocycles. The van der Waals surface area contributed by atoms with E-state index in [1.165, 1.54) is 17.7 Å². The predicted molar refractivity (Wildman–Crippen MR) is 86.3 cm³/mol. The molecule has 0 aromatic heterocycles. The Bertz CT molecular complexity index is 699. The molecule has 1 aliphatic carbocycles. The van der Waals surface area contributed by atoms with E-state index in [9.17, 15) is 20.2 Å². The molecule has 0 unspecified atom stereocenters. The number of nitrogens with zero attached hydrogens (tertiary/aromatic N) is 3. The van der Waals surface area contributed by atoms with Crippen molar-refractivity contribution < 1.29 is 9.85 Å². The Kier molecular flexibility index (Phi) is 4.86. The highest BCUT2D eigenvalue weighted by Crippen LogP contribution is 2.30. The topological polar surface area (TPSA) is 111 Å². The van der Waals surface area contributed by atoms with Crippen molar-refractivity contribution >= 4 is 38.7 Å². The van der Waals surface area contributed by atoms with Crippen LogP contribution in [0.15, 0.2) is 33.4 Å². The third-order valence-electron chi connectivity index (χ3n) is 3.29. The van der Waals surface area contributed by atoms with Crippen molar-refractivity contribution in [3.05, 3.63) is 48.5 Å². The van der Waals surface area contributed by atoms with E-state index in [0.29, 0.717) is 0 Å². The lowest BCUT2D eigenvalue weighted by atomic mass is 9.99. The number of rotatable bonds is 4. The Morgan fingerprint density at radius 2 is 1.95 bits per heavy atom. The normalized spacial score (nSPS) is 16.7. The molecule has 0 saturated heterocycles. The molecule has 1 aliphatic rings. The largest absolute Gasteiger partial charge is 0.301 e. The number of nitro benzene ring substituents is 2.